The number of amides is 3. The lowest BCUT2D eigenvalue weighted by molar-refractivity contribution is -0.140. The molecule has 0 spiro atoms. The van der Waals surface area contributed by atoms with E-state index in [1.807, 2.05) is 13.0 Å². The van der Waals surface area contributed by atoms with Crippen molar-refractivity contribution in [1.29, 1.82) is 0 Å². The van der Waals surface area contributed by atoms with Gasteiger partial charge in [-0.25, -0.2) is 13.2 Å². The number of piperidine rings is 1. The second kappa shape index (κ2) is 16.3. The van der Waals surface area contributed by atoms with Gasteiger partial charge >= 0.3 is 12.2 Å². The van der Waals surface area contributed by atoms with Gasteiger partial charge in [0.2, 0.25) is 15.9 Å². The Bertz CT molecular complexity index is 1930. The van der Waals surface area contributed by atoms with Gasteiger partial charge in [0.1, 0.15) is 12.3 Å². The van der Waals surface area contributed by atoms with E-state index in [1.165, 1.54) is 35.0 Å². The summed E-state index contributed by atoms with van der Waals surface area (Å²) in [5.74, 6) is 5.96. The molecule has 3 amide bonds. The molecule has 13 nitrogen and oxygen atoms in total. The number of anilines is 2. The number of carbonyl (C=O) groups excluding carboxylic acids is 2. The Morgan fingerprint density at radius 3 is 2.38 bits per heavy atom. The Balaban J connectivity index is 1.28. The monoisotopic (exact) mass is 746 g/mol. The van der Waals surface area contributed by atoms with E-state index >= 15 is 0 Å². The van der Waals surface area contributed by atoms with Crippen LogP contribution in [0, 0.1) is 11.8 Å². The fourth-order valence-corrected chi connectivity index (χ4v) is 8.10. The van der Waals surface area contributed by atoms with Crippen LogP contribution in [0.2, 0.25) is 0 Å². The summed E-state index contributed by atoms with van der Waals surface area (Å²) >= 11 is 0. The quantitative estimate of drug-likeness (QED) is 0.218. The summed E-state index contributed by atoms with van der Waals surface area (Å²) in [6, 6.07) is 10.8. The average molecular weight is 747 g/mol. The maximum atomic E-state index is 13.8. The Morgan fingerprint density at radius 1 is 1.04 bits per heavy atom. The standard InChI is InChI=1S/C35H45F3N8O5S/c1-24(41-34(39)48)22-43-14-11-26(12-15-43)42-30-7-4-8-32-29(30)20-27(46(32)23-35(36,37)38)6-5-13-40-31-10-9-28(21-33(31)51-3)52(49,50)45-18-16-44(17-19-45)25(2)47/h4,7-10,20-21,24,26,40,42H,11-19,22-23H2,1-3H3,(H3,39,41,48). The minimum Gasteiger partial charge on any atom is -0.495 e. The molecule has 1 aromatic heterocycles. The van der Waals surface area contributed by atoms with E-state index in [4.69, 9.17) is 10.5 Å². The fraction of sp³-hybridized carbons (Fsp3) is 0.486. The van der Waals surface area contributed by atoms with E-state index in [2.05, 4.69) is 32.7 Å². The first-order chi connectivity index (χ1) is 24.6. The summed E-state index contributed by atoms with van der Waals surface area (Å²) in [7, 11) is -2.43. The first-order valence-corrected chi connectivity index (χ1v) is 18.5. The first-order valence-electron chi connectivity index (χ1n) is 17.0. The number of nitrogens with zero attached hydrogens (tertiary/aromatic N) is 4. The minimum absolute atomic E-state index is 0.0380. The lowest BCUT2D eigenvalue weighted by Gasteiger charge is -2.34. The Labute approximate surface area is 301 Å². The summed E-state index contributed by atoms with van der Waals surface area (Å²) in [6.45, 7) is 5.41. The number of sulfonamides is 1. The van der Waals surface area contributed by atoms with Crippen LogP contribution in [0.4, 0.5) is 29.3 Å². The normalized spacial score (nSPS) is 16.9. The van der Waals surface area contributed by atoms with Crippen molar-refractivity contribution >= 4 is 44.2 Å². The molecular weight excluding hydrogens is 701 g/mol. The molecule has 1 unspecified atom stereocenters. The molecule has 282 valence electrons. The van der Waals surface area contributed by atoms with Crippen molar-refractivity contribution in [3.8, 4) is 17.6 Å². The van der Waals surface area contributed by atoms with Crippen LogP contribution in [0.5, 0.6) is 5.75 Å². The third kappa shape index (κ3) is 9.60. The van der Waals surface area contributed by atoms with Gasteiger partial charge < -0.3 is 40.8 Å². The highest BCUT2D eigenvalue weighted by molar-refractivity contribution is 7.89. The van der Waals surface area contributed by atoms with Crippen LogP contribution in [-0.4, -0.2) is 117 Å². The average Bonchev–Trinajstić information content (AvgIpc) is 3.43. The second-order valence-corrected chi connectivity index (χ2v) is 15.0. The molecule has 0 aliphatic carbocycles. The van der Waals surface area contributed by atoms with Crippen molar-refractivity contribution in [2.24, 2.45) is 5.73 Å². The molecule has 0 bridgehead atoms. The molecule has 52 heavy (non-hydrogen) atoms. The molecule has 1 atom stereocenters. The number of rotatable bonds is 11. The molecule has 17 heteroatoms. The number of fused-ring (bicyclic) bond motifs is 1. The molecule has 3 heterocycles. The van der Waals surface area contributed by atoms with Gasteiger partial charge in [0.15, 0.2) is 0 Å². The number of benzene rings is 2. The molecule has 2 fully saturated rings. The largest absolute Gasteiger partial charge is 0.495 e. The number of likely N-dealkylation sites (tertiary alicyclic amines) is 1. The maximum Gasteiger partial charge on any atom is 0.406 e. The van der Waals surface area contributed by atoms with E-state index in [-0.39, 0.29) is 54.0 Å². The summed E-state index contributed by atoms with van der Waals surface area (Å²) in [5.41, 5.74) is 7.02. The first kappa shape index (κ1) is 38.6. The predicted octanol–water partition coefficient (Wildman–Crippen LogP) is 3.46. The van der Waals surface area contributed by atoms with E-state index in [0.29, 0.717) is 36.2 Å². The van der Waals surface area contributed by atoms with Gasteiger partial charge in [-0.15, -0.1) is 0 Å². The summed E-state index contributed by atoms with van der Waals surface area (Å²) in [5, 5.41) is 9.92. The molecule has 5 N–H and O–H groups in total. The third-order valence-electron chi connectivity index (χ3n) is 9.23. The molecule has 2 aliphatic heterocycles. The van der Waals surface area contributed by atoms with Crippen molar-refractivity contribution in [2.45, 2.75) is 56.4 Å². The zero-order valence-corrected chi connectivity index (χ0v) is 30.2. The van der Waals surface area contributed by atoms with Crippen LogP contribution in [0.1, 0.15) is 32.4 Å². The number of methoxy groups -OCH3 is 1. The van der Waals surface area contributed by atoms with Crippen LogP contribution < -0.4 is 26.4 Å². The highest BCUT2D eigenvalue weighted by Gasteiger charge is 2.31. The molecule has 5 rings (SSSR count). The van der Waals surface area contributed by atoms with Crippen LogP contribution in [0.25, 0.3) is 10.9 Å². The van der Waals surface area contributed by atoms with Crippen molar-refractivity contribution in [1.82, 2.24) is 24.0 Å². The fourth-order valence-electron chi connectivity index (χ4n) is 6.66. The summed E-state index contributed by atoms with van der Waals surface area (Å²) in [6.07, 6.45) is -2.85. The zero-order valence-electron chi connectivity index (χ0n) is 29.4. The highest BCUT2D eigenvalue weighted by Crippen LogP contribution is 2.32. The SMILES string of the molecule is COc1cc(S(=O)(=O)N2CCN(C(C)=O)CC2)ccc1NCC#Cc1cc2c(NC3CCN(CC(C)NC(N)=O)CC3)cccc2n1CC(F)(F)F. The molecular formula is C35H45F3N8O5S. The van der Waals surface area contributed by atoms with E-state index in [9.17, 15) is 31.2 Å². The van der Waals surface area contributed by atoms with Crippen LogP contribution in [0.15, 0.2) is 47.4 Å². The predicted molar refractivity (Wildman–Crippen MR) is 193 cm³/mol. The number of nitrogens with one attached hydrogen (secondary N) is 3. The van der Waals surface area contributed by atoms with Crippen molar-refractivity contribution < 1.29 is 35.9 Å². The molecule has 2 aromatic carbocycles. The molecule has 2 saturated heterocycles. The number of primary amides is 1. The lowest BCUT2D eigenvalue weighted by Crippen LogP contribution is -2.49. The van der Waals surface area contributed by atoms with Crippen molar-refractivity contribution in [2.75, 3.05) is 70.1 Å². The summed E-state index contributed by atoms with van der Waals surface area (Å²) in [4.78, 5) is 26.7. The van der Waals surface area contributed by atoms with Gasteiger partial charge in [0.25, 0.3) is 0 Å². The number of halogens is 3. The van der Waals surface area contributed by atoms with Crippen LogP contribution >= 0.6 is 0 Å². The number of urea groups is 1. The number of alkyl halides is 3. The van der Waals surface area contributed by atoms with Crippen molar-refractivity contribution in [3.63, 3.8) is 0 Å². The number of carbonyl (C=O) groups is 2. The molecule has 3 aromatic rings. The number of piperazine rings is 1. The van der Waals surface area contributed by atoms with Gasteiger partial charge in [-0.1, -0.05) is 12.0 Å². The van der Waals surface area contributed by atoms with E-state index < -0.39 is 28.8 Å². The third-order valence-corrected chi connectivity index (χ3v) is 11.1. The molecule has 2 aliphatic rings. The second-order valence-electron chi connectivity index (χ2n) is 13.0. The highest BCUT2D eigenvalue weighted by atomic mass is 32.2. The lowest BCUT2D eigenvalue weighted by atomic mass is 10.0. The Kier molecular flexibility index (Phi) is 12.1. The molecule has 0 saturated carbocycles. The van der Waals surface area contributed by atoms with Crippen LogP contribution in [-0.2, 0) is 21.4 Å². The Hall–Kier alpha value is -4.66. The Morgan fingerprint density at radius 2 is 1.75 bits per heavy atom. The van der Waals surface area contributed by atoms with Gasteiger partial charge in [0, 0.05) is 82.0 Å². The summed E-state index contributed by atoms with van der Waals surface area (Å²) < 4.78 is 75.9. The number of nitrogens with two attached hydrogens (primary N) is 1. The van der Waals surface area contributed by atoms with E-state index in [0.717, 1.165) is 31.6 Å². The smallest absolute Gasteiger partial charge is 0.406 e. The maximum absolute atomic E-state index is 13.8. The van der Waals surface area contributed by atoms with E-state index in [1.54, 1.807) is 29.2 Å². The van der Waals surface area contributed by atoms with Crippen molar-refractivity contribution in [3.05, 3.63) is 48.2 Å². The number of hydrogen-bond acceptors (Lipinski definition) is 8. The zero-order chi connectivity index (χ0) is 37.6. The minimum atomic E-state index is -4.48. The molecule has 0 radical (unpaired) electrons. The topological polar surface area (TPSA) is 154 Å². The number of aromatic nitrogens is 1. The van der Waals surface area contributed by atoms with Gasteiger partial charge in [-0.3, -0.25) is 4.79 Å². The number of hydrogen-bond donors (Lipinski definition) is 4. The van der Waals surface area contributed by atoms with Gasteiger partial charge in [0.05, 0.1) is 35.4 Å². The number of ether oxygens (including phenoxy) is 1. The van der Waals surface area contributed by atoms with Crippen LogP contribution in [0.3, 0.4) is 0 Å². The van der Waals surface area contributed by atoms with Gasteiger partial charge in [-0.05, 0) is 56.0 Å². The van der Waals surface area contributed by atoms with Gasteiger partial charge in [-0.2, -0.15) is 17.5 Å².